The molecule has 0 heterocycles. The van der Waals surface area contributed by atoms with Crippen LogP contribution in [-0.4, -0.2) is 31.4 Å². The van der Waals surface area contributed by atoms with E-state index in [2.05, 4.69) is 9.47 Å². The molecule has 0 fully saturated rings. The second-order valence-electron chi connectivity index (χ2n) is 2.70. The summed E-state index contributed by atoms with van der Waals surface area (Å²) in [7, 11) is 1.20. The molecule has 0 saturated heterocycles. The van der Waals surface area contributed by atoms with Crippen LogP contribution < -0.4 is 0 Å². The average Bonchev–Trinajstić information content (AvgIpc) is 2.13. The predicted molar refractivity (Wildman–Crippen MR) is 47.4 cm³/mol. The van der Waals surface area contributed by atoms with E-state index in [-0.39, 0.29) is 13.0 Å². The van der Waals surface area contributed by atoms with Crippen LogP contribution in [0.5, 0.6) is 0 Å². The van der Waals surface area contributed by atoms with Gasteiger partial charge >= 0.3 is 11.9 Å². The van der Waals surface area contributed by atoms with Gasteiger partial charge in [0.1, 0.15) is 11.7 Å². The fourth-order valence-corrected chi connectivity index (χ4v) is 0.886. The molecule has 0 saturated carbocycles. The summed E-state index contributed by atoms with van der Waals surface area (Å²) >= 11 is 0. The Morgan fingerprint density at radius 3 is 2.21 bits per heavy atom. The van der Waals surface area contributed by atoms with Gasteiger partial charge in [-0.05, 0) is 13.8 Å². The molecule has 0 bridgehead atoms. The van der Waals surface area contributed by atoms with E-state index in [1.54, 1.807) is 6.92 Å². The first kappa shape index (κ1) is 12.6. The second kappa shape index (κ2) is 6.12. The highest BCUT2D eigenvalue weighted by molar-refractivity contribution is 6.00. The molecule has 0 rings (SSSR count). The van der Waals surface area contributed by atoms with E-state index < -0.39 is 23.6 Å². The Hall–Kier alpha value is -1.39. The fraction of sp³-hybridized carbons (Fsp3) is 0.667. The van der Waals surface area contributed by atoms with Crippen molar-refractivity contribution in [2.75, 3.05) is 13.7 Å². The van der Waals surface area contributed by atoms with E-state index in [1.165, 1.54) is 14.0 Å². The summed E-state index contributed by atoms with van der Waals surface area (Å²) in [5, 5.41) is 0. The first-order valence-corrected chi connectivity index (χ1v) is 4.26. The zero-order valence-corrected chi connectivity index (χ0v) is 8.53. The number of methoxy groups -OCH3 is 1. The minimum absolute atomic E-state index is 0.184. The SMILES string of the molecule is CCOC(=O)[C@@H](CC(=O)OC)C(C)=O. The Balaban J connectivity index is 4.36. The number of carbonyl (C=O) groups is 3. The zero-order valence-electron chi connectivity index (χ0n) is 8.53. The molecule has 0 unspecified atom stereocenters. The molecule has 0 aliphatic rings. The molecule has 0 radical (unpaired) electrons. The van der Waals surface area contributed by atoms with Crippen molar-refractivity contribution < 1.29 is 23.9 Å². The number of carbonyl (C=O) groups excluding carboxylic acids is 3. The Labute approximate surface area is 82.4 Å². The smallest absolute Gasteiger partial charge is 0.317 e. The Morgan fingerprint density at radius 2 is 1.86 bits per heavy atom. The highest BCUT2D eigenvalue weighted by Gasteiger charge is 2.27. The van der Waals surface area contributed by atoms with Crippen molar-refractivity contribution in [2.24, 2.45) is 5.92 Å². The highest BCUT2D eigenvalue weighted by atomic mass is 16.5. The van der Waals surface area contributed by atoms with Gasteiger partial charge in [-0.15, -0.1) is 0 Å². The molecule has 0 aromatic heterocycles. The van der Waals surface area contributed by atoms with Crippen molar-refractivity contribution in [3.8, 4) is 0 Å². The fourth-order valence-electron chi connectivity index (χ4n) is 0.886. The predicted octanol–water partition coefficient (Wildman–Crippen LogP) is 0.318. The first-order valence-electron chi connectivity index (χ1n) is 4.26. The lowest BCUT2D eigenvalue weighted by Gasteiger charge is -2.10. The molecule has 0 aliphatic carbocycles. The van der Waals surface area contributed by atoms with E-state index in [0.29, 0.717) is 0 Å². The van der Waals surface area contributed by atoms with Crippen LogP contribution in [0.2, 0.25) is 0 Å². The largest absolute Gasteiger partial charge is 0.469 e. The summed E-state index contributed by atoms with van der Waals surface area (Å²) in [5.41, 5.74) is 0. The number of esters is 2. The summed E-state index contributed by atoms with van der Waals surface area (Å²) < 4.78 is 9.00. The van der Waals surface area contributed by atoms with Gasteiger partial charge in [0.05, 0.1) is 20.1 Å². The van der Waals surface area contributed by atoms with Gasteiger partial charge in [-0.25, -0.2) is 0 Å². The molecule has 0 amide bonds. The van der Waals surface area contributed by atoms with Gasteiger partial charge in [-0.3, -0.25) is 14.4 Å². The Bertz CT molecular complexity index is 233. The van der Waals surface area contributed by atoms with Crippen LogP contribution in [0.25, 0.3) is 0 Å². The van der Waals surface area contributed by atoms with E-state index in [9.17, 15) is 14.4 Å². The summed E-state index contributed by atoms with van der Waals surface area (Å²) in [5.74, 6) is -2.71. The van der Waals surface area contributed by atoms with Crippen LogP contribution in [0.1, 0.15) is 20.3 Å². The van der Waals surface area contributed by atoms with Gasteiger partial charge in [0.15, 0.2) is 0 Å². The second-order valence-corrected chi connectivity index (χ2v) is 2.70. The molecule has 0 aromatic carbocycles. The van der Waals surface area contributed by atoms with Crippen molar-refractivity contribution in [3.05, 3.63) is 0 Å². The van der Waals surface area contributed by atoms with Gasteiger partial charge in [-0.2, -0.15) is 0 Å². The maximum atomic E-state index is 11.2. The third-order valence-corrected chi connectivity index (χ3v) is 1.66. The number of hydrogen-bond donors (Lipinski definition) is 0. The number of rotatable bonds is 5. The van der Waals surface area contributed by atoms with E-state index in [4.69, 9.17) is 0 Å². The number of ether oxygens (including phenoxy) is 2. The molecule has 5 nitrogen and oxygen atoms in total. The molecule has 0 aromatic rings. The summed E-state index contributed by atoms with van der Waals surface area (Å²) in [6.45, 7) is 3.06. The lowest BCUT2D eigenvalue weighted by Crippen LogP contribution is -2.27. The van der Waals surface area contributed by atoms with Crippen LogP contribution in [0.15, 0.2) is 0 Å². The first-order chi connectivity index (χ1) is 6.52. The minimum atomic E-state index is -1.04. The Morgan fingerprint density at radius 1 is 1.29 bits per heavy atom. The molecule has 5 heteroatoms. The third-order valence-electron chi connectivity index (χ3n) is 1.66. The quantitative estimate of drug-likeness (QED) is 0.474. The van der Waals surface area contributed by atoms with Gasteiger partial charge < -0.3 is 9.47 Å². The molecule has 0 N–H and O–H groups in total. The monoisotopic (exact) mass is 202 g/mol. The molecule has 1 atom stereocenters. The van der Waals surface area contributed by atoms with Crippen molar-refractivity contribution in [1.29, 1.82) is 0 Å². The van der Waals surface area contributed by atoms with Crippen molar-refractivity contribution in [3.63, 3.8) is 0 Å². The molecule has 14 heavy (non-hydrogen) atoms. The van der Waals surface area contributed by atoms with Crippen molar-refractivity contribution in [2.45, 2.75) is 20.3 Å². The highest BCUT2D eigenvalue weighted by Crippen LogP contribution is 2.08. The van der Waals surface area contributed by atoms with Crippen LogP contribution in [0.4, 0.5) is 0 Å². The zero-order chi connectivity index (χ0) is 11.1. The molecule has 80 valence electrons. The maximum absolute atomic E-state index is 11.2. The summed E-state index contributed by atoms with van der Waals surface area (Å²) in [6.07, 6.45) is -0.259. The summed E-state index contributed by atoms with van der Waals surface area (Å²) in [4.78, 5) is 33.0. The number of Topliss-reactive ketones (excluding diaryl/α,β-unsaturated/α-hetero) is 1. The standard InChI is InChI=1S/C9H14O5/c1-4-14-9(12)7(6(2)10)5-8(11)13-3/h7H,4-5H2,1-3H3/t7-/m0/s1. The third kappa shape index (κ3) is 4.02. The molecule has 0 aliphatic heterocycles. The Kier molecular flexibility index (Phi) is 5.52. The van der Waals surface area contributed by atoms with Crippen molar-refractivity contribution in [1.82, 2.24) is 0 Å². The number of ketones is 1. The lowest BCUT2D eigenvalue weighted by atomic mass is 10.0. The van der Waals surface area contributed by atoms with Crippen LogP contribution in [-0.2, 0) is 23.9 Å². The maximum Gasteiger partial charge on any atom is 0.317 e. The minimum Gasteiger partial charge on any atom is -0.469 e. The molecular weight excluding hydrogens is 188 g/mol. The van der Waals surface area contributed by atoms with Crippen LogP contribution >= 0.6 is 0 Å². The molecular formula is C9H14O5. The van der Waals surface area contributed by atoms with Gasteiger partial charge in [-0.1, -0.05) is 0 Å². The lowest BCUT2D eigenvalue weighted by molar-refractivity contribution is -0.156. The molecule has 0 spiro atoms. The van der Waals surface area contributed by atoms with Crippen LogP contribution in [0.3, 0.4) is 0 Å². The topological polar surface area (TPSA) is 69.7 Å². The van der Waals surface area contributed by atoms with Crippen molar-refractivity contribution >= 4 is 17.7 Å². The van der Waals surface area contributed by atoms with E-state index in [0.717, 1.165) is 0 Å². The normalized spacial score (nSPS) is 11.6. The van der Waals surface area contributed by atoms with E-state index in [1.807, 2.05) is 0 Å². The van der Waals surface area contributed by atoms with Gasteiger partial charge in [0.2, 0.25) is 0 Å². The van der Waals surface area contributed by atoms with Gasteiger partial charge in [0, 0.05) is 0 Å². The van der Waals surface area contributed by atoms with Crippen LogP contribution in [0, 0.1) is 5.92 Å². The van der Waals surface area contributed by atoms with Gasteiger partial charge in [0.25, 0.3) is 0 Å². The van der Waals surface area contributed by atoms with E-state index >= 15 is 0 Å². The number of hydrogen-bond acceptors (Lipinski definition) is 5. The summed E-state index contributed by atoms with van der Waals surface area (Å²) in [6, 6.07) is 0. The average molecular weight is 202 g/mol.